The lowest BCUT2D eigenvalue weighted by molar-refractivity contribution is 0.298. The second-order valence-corrected chi connectivity index (χ2v) is 13.3. The SMILES string of the molecule is CC1Cc2c(OCc3ccc(-c4ccccc4)cn3)ccc3c2c(c(CC(C)(C)N=C=O)n3Cc2ccc(Cl)cc2)S1. The van der Waals surface area contributed by atoms with Gasteiger partial charge in [-0.1, -0.05) is 67.1 Å². The molecule has 1 atom stereocenters. The van der Waals surface area contributed by atoms with Crippen molar-refractivity contribution in [2.75, 3.05) is 0 Å². The zero-order valence-electron chi connectivity index (χ0n) is 23.9. The number of aliphatic imine (C=N–C) groups is 1. The number of aromatic nitrogens is 2. The van der Waals surface area contributed by atoms with Gasteiger partial charge < -0.3 is 9.30 Å². The molecule has 0 saturated heterocycles. The van der Waals surface area contributed by atoms with E-state index in [0.717, 1.165) is 40.1 Å². The van der Waals surface area contributed by atoms with Gasteiger partial charge in [-0.2, -0.15) is 4.99 Å². The first kappa shape index (κ1) is 28.3. The molecule has 42 heavy (non-hydrogen) atoms. The Balaban J connectivity index is 1.37. The van der Waals surface area contributed by atoms with Gasteiger partial charge in [-0.3, -0.25) is 4.98 Å². The fourth-order valence-corrected chi connectivity index (χ4v) is 7.11. The fraction of sp³-hybridized carbons (Fsp3) is 0.257. The smallest absolute Gasteiger partial charge is 0.235 e. The van der Waals surface area contributed by atoms with Gasteiger partial charge in [0.25, 0.3) is 0 Å². The van der Waals surface area contributed by atoms with Gasteiger partial charge >= 0.3 is 0 Å². The van der Waals surface area contributed by atoms with Crippen LogP contribution in [0.4, 0.5) is 0 Å². The van der Waals surface area contributed by atoms with E-state index < -0.39 is 5.54 Å². The number of hydrogen-bond acceptors (Lipinski definition) is 5. The Kier molecular flexibility index (Phi) is 7.96. The molecule has 3 heterocycles. The first-order chi connectivity index (χ1) is 20.3. The second-order valence-electron chi connectivity index (χ2n) is 11.4. The van der Waals surface area contributed by atoms with E-state index >= 15 is 0 Å². The molecule has 7 heteroatoms. The lowest BCUT2D eigenvalue weighted by Gasteiger charge is -2.24. The van der Waals surface area contributed by atoms with Crippen LogP contribution in [0.1, 0.15) is 43.3 Å². The highest BCUT2D eigenvalue weighted by molar-refractivity contribution is 8.00. The number of isocyanates is 1. The van der Waals surface area contributed by atoms with E-state index in [1.54, 1.807) is 6.08 Å². The Labute approximate surface area is 255 Å². The minimum absolute atomic E-state index is 0.372. The van der Waals surface area contributed by atoms with Crippen molar-refractivity contribution in [2.24, 2.45) is 4.99 Å². The van der Waals surface area contributed by atoms with Crippen LogP contribution in [0.15, 0.2) is 94.9 Å². The van der Waals surface area contributed by atoms with Crippen LogP contribution in [0.2, 0.25) is 5.02 Å². The summed E-state index contributed by atoms with van der Waals surface area (Å²) in [6.07, 6.45) is 5.21. The number of rotatable bonds is 9. The van der Waals surface area contributed by atoms with Gasteiger partial charge in [0.2, 0.25) is 6.08 Å². The van der Waals surface area contributed by atoms with Crippen LogP contribution >= 0.6 is 23.4 Å². The number of ether oxygens (including phenoxy) is 1. The first-order valence-corrected chi connectivity index (χ1v) is 15.4. The quantitative estimate of drug-likeness (QED) is 0.127. The number of hydrogen-bond donors (Lipinski definition) is 0. The van der Waals surface area contributed by atoms with Crippen LogP contribution in [-0.2, 0) is 30.8 Å². The number of thioether (sulfide) groups is 1. The molecule has 1 aliphatic heterocycles. The normalized spacial score (nSPS) is 14.5. The van der Waals surface area contributed by atoms with Crippen LogP contribution in [0.5, 0.6) is 5.75 Å². The van der Waals surface area contributed by atoms with Crippen molar-refractivity contribution in [3.8, 4) is 16.9 Å². The molecule has 0 spiro atoms. The molecule has 6 rings (SSSR count). The van der Waals surface area contributed by atoms with Crippen molar-refractivity contribution in [3.63, 3.8) is 0 Å². The predicted molar refractivity (Wildman–Crippen MR) is 171 cm³/mol. The summed E-state index contributed by atoms with van der Waals surface area (Å²) in [4.78, 5) is 21.3. The summed E-state index contributed by atoms with van der Waals surface area (Å²) in [7, 11) is 0. The van der Waals surface area contributed by atoms with Crippen molar-refractivity contribution < 1.29 is 9.53 Å². The molecule has 5 nitrogen and oxygen atoms in total. The standard InChI is InChI=1S/C35H32ClN3O2S/c1-23-17-29-32(41-21-28-14-11-26(19-37-28)25-7-5-4-6-8-25)16-15-30-33(29)34(42-23)31(18-35(2,3)38-22-40)39(30)20-24-9-12-27(36)13-10-24/h4-16,19,23H,17-18,20-21H2,1-3H3. The molecule has 2 aromatic heterocycles. The van der Waals surface area contributed by atoms with Crippen LogP contribution < -0.4 is 4.74 Å². The molecule has 1 aliphatic rings. The van der Waals surface area contributed by atoms with Crippen molar-refractivity contribution in [2.45, 2.75) is 62.4 Å². The molecule has 5 aromatic rings. The molecule has 0 amide bonds. The van der Waals surface area contributed by atoms with Gasteiger partial charge in [0.1, 0.15) is 12.4 Å². The van der Waals surface area contributed by atoms with E-state index in [0.29, 0.717) is 29.8 Å². The third kappa shape index (κ3) is 5.89. The molecular formula is C35H32ClN3O2S. The molecule has 0 saturated carbocycles. The Bertz CT molecular complexity index is 1770. The molecule has 0 fully saturated rings. The van der Waals surface area contributed by atoms with E-state index in [9.17, 15) is 4.79 Å². The van der Waals surface area contributed by atoms with Crippen molar-refractivity contribution in [1.82, 2.24) is 9.55 Å². The van der Waals surface area contributed by atoms with Crippen LogP contribution in [0.3, 0.4) is 0 Å². The molecule has 212 valence electrons. The van der Waals surface area contributed by atoms with Crippen molar-refractivity contribution in [1.29, 1.82) is 0 Å². The predicted octanol–water partition coefficient (Wildman–Crippen LogP) is 8.68. The number of benzene rings is 3. The highest BCUT2D eigenvalue weighted by Crippen LogP contribution is 2.48. The van der Waals surface area contributed by atoms with Gasteiger partial charge in [0, 0.05) is 56.5 Å². The van der Waals surface area contributed by atoms with Crippen molar-refractivity contribution in [3.05, 3.63) is 113 Å². The Morgan fingerprint density at radius 3 is 2.55 bits per heavy atom. The summed E-state index contributed by atoms with van der Waals surface area (Å²) in [6.45, 7) is 7.31. The summed E-state index contributed by atoms with van der Waals surface area (Å²) in [5.41, 5.74) is 7.25. The zero-order chi connectivity index (χ0) is 29.3. The van der Waals surface area contributed by atoms with Gasteiger partial charge in [-0.25, -0.2) is 4.79 Å². The highest BCUT2D eigenvalue weighted by Gasteiger charge is 2.31. The first-order valence-electron chi connectivity index (χ1n) is 14.1. The highest BCUT2D eigenvalue weighted by atomic mass is 35.5. The maximum Gasteiger partial charge on any atom is 0.235 e. The molecule has 0 aliphatic carbocycles. The third-order valence-corrected chi connectivity index (χ3v) is 9.17. The average molecular weight is 594 g/mol. The molecule has 0 bridgehead atoms. The van der Waals surface area contributed by atoms with Crippen LogP contribution in [0, 0.1) is 0 Å². The Morgan fingerprint density at radius 1 is 1.05 bits per heavy atom. The van der Waals surface area contributed by atoms with Crippen LogP contribution in [0.25, 0.3) is 22.0 Å². The van der Waals surface area contributed by atoms with Gasteiger partial charge in [0.15, 0.2) is 0 Å². The van der Waals surface area contributed by atoms with E-state index in [-0.39, 0.29) is 0 Å². The fourth-order valence-electron chi connectivity index (χ4n) is 5.67. The van der Waals surface area contributed by atoms with E-state index in [1.165, 1.54) is 21.5 Å². The Morgan fingerprint density at radius 2 is 1.83 bits per heavy atom. The minimum atomic E-state index is -0.581. The lowest BCUT2D eigenvalue weighted by Crippen LogP contribution is -2.23. The molecule has 0 radical (unpaired) electrons. The summed E-state index contributed by atoms with van der Waals surface area (Å²) >= 11 is 8.08. The lowest BCUT2D eigenvalue weighted by atomic mass is 9.98. The Hall–Kier alpha value is -3.83. The molecular weight excluding hydrogens is 562 g/mol. The minimum Gasteiger partial charge on any atom is -0.487 e. The number of carbonyl (C=O) groups excluding carboxylic acids is 1. The van der Waals surface area contributed by atoms with Gasteiger partial charge in [0.05, 0.1) is 16.7 Å². The van der Waals surface area contributed by atoms with E-state index in [2.05, 4.69) is 63.9 Å². The zero-order valence-corrected chi connectivity index (χ0v) is 25.5. The maximum absolute atomic E-state index is 11.2. The number of pyridine rings is 1. The second kappa shape index (κ2) is 11.8. The monoisotopic (exact) mass is 593 g/mol. The summed E-state index contributed by atoms with van der Waals surface area (Å²) in [6, 6.07) is 26.6. The maximum atomic E-state index is 11.2. The van der Waals surface area contributed by atoms with E-state index in [1.807, 2.05) is 68.2 Å². The van der Waals surface area contributed by atoms with Gasteiger partial charge in [-0.05, 0) is 61.7 Å². The molecule has 0 N–H and O–H groups in total. The van der Waals surface area contributed by atoms with E-state index in [4.69, 9.17) is 16.3 Å². The third-order valence-electron chi connectivity index (χ3n) is 7.67. The van der Waals surface area contributed by atoms with Crippen molar-refractivity contribution >= 4 is 40.3 Å². The summed E-state index contributed by atoms with van der Waals surface area (Å²) < 4.78 is 8.83. The number of halogens is 1. The summed E-state index contributed by atoms with van der Waals surface area (Å²) in [5.74, 6) is 0.894. The largest absolute Gasteiger partial charge is 0.487 e. The topological polar surface area (TPSA) is 56.5 Å². The van der Waals surface area contributed by atoms with Crippen LogP contribution in [-0.4, -0.2) is 26.4 Å². The molecule has 3 aromatic carbocycles. The van der Waals surface area contributed by atoms with Gasteiger partial charge in [-0.15, -0.1) is 11.8 Å². The number of nitrogens with zero attached hydrogens (tertiary/aromatic N) is 3. The average Bonchev–Trinajstić information content (AvgIpc) is 3.26. The molecule has 1 unspecified atom stereocenters. The summed E-state index contributed by atoms with van der Waals surface area (Å²) in [5, 5.41) is 2.32.